The van der Waals surface area contributed by atoms with Gasteiger partial charge in [-0.25, -0.2) is 9.78 Å². The van der Waals surface area contributed by atoms with Crippen molar-refractivity contribution in [3.63, 3.8) is 0 Å². The van der Waals surface area contributed by atoms with E-state index in [2.05, 4.69) is 15.6 Å². The number of likely N-dealkylation sites (N-methyl/N-ethyl adjacent to an activating group) is 1. The summed E-state index contributed by atoms with van der Waals surface area (Å²) in [7, 11) is 3.30. The molecule has 1 aromatic carbocycles. The molecule has 0 aliphatic rings. The molecule has 2 N–H and O–H groups in total. The number of amides is 3. The van der Waals surface area contributed by atoms with Crippen molar-refractivity contribution in [1.29, 1.82) is 0 Å². The van der Waals surface area contributed by atoms with Crippen LogP contribution in [0.5, 0.6) is 0 Å². The maximum atomic E-state index is 11.9. The van der Waals surface area contributed by atoms with Crippen molar-refractivity contribution in [3.8, 4) is 0 Å². The van der Waals surface area contributed by atoms with Crippen LogP contribution in [0.25, 0.3) is 10.2 Å². The molecular formula is C14H18N4O2S. The molecule has 0 aliphatic carbocycles. The van der Waals surface area contributed by atoms with Crippen molar-refractivity contribution in [2.24, 2.45) is 0 Å². The van der Waals surface area contributed by atoms with Gasteiger partial charge in [0.25, 0.3) is 0 Å². The molecule has 1 aromatic heterocycles. The largest absolute Gasteiger partial charge is 0.341 e. The number of fused-ring (bicyclic) bond motifs is 1. The molecule has 1 heterocycles. The molecule has 112 valence electrons. The molecule has 2 aromatic rings. The second-order valence-corrected chi connectivity index (χ2v) is 5.85. The van der Waals surface area contributed by atoms with Crippen LogP contribution in [0.15, 0.2) is 24.3 Å². The molecule has 2 rings (SSSR count). The number of carbonyl (C=O) groups excluding carboxylic acids is 2. The molecule has 6 nitrogen and oxygen atoms in total. The predicted octanol–water partition coefficient (Wildman–Crippen LogP) is 1.57. The number of rotatable bonds is 4. The van der Waals surface area contributed by atoms with Crippen LogP contribution in [-0.4, -0.2) is 42.0 Å². The lowest BCUT2D eigenvalue weighted by Crippen LogP contribution is -2.47. The van der Waals surface area contributed by atoms with Crippen LogP contribution in [0.4, 0.5) is 4.79 Å². The van der Waals surface area contributed by atoms with E-state index in [1.807, 2.05) is 36.2 Å². The number of benzene rings is 1. The van der Waals surface area contributed by atoms with Crippen LogP contribution in [-0.2, 0) is 11.3 Å². The fourth-order valence-electron chi connectivity index (χ4n) is 1.82. The Morgan fingerprint density at radius 1 is 1.38 bits per heavy atom. The van der Waals surface area contributed by atoms with Gasteiger partial charge in [0.15, 0.2) is 0 Å². The Kier molecular flexibility index (Phi) is 4.87. The van der Waals surface area contributed by atoms with Crippen molar-refractivity contribution in [2.75, 3.05) is 14.1 Å². The minimum absolute atomic E-state index is 0.335. The standard InChI is InChI=1S/C14H18N4O2S/c1-9(13(19)17-14(20)15-2)18(3)8-12-16-10-6-4-5-7-11(10)21-12/h4-7,9H,8H2,1-3H3,(H2,15,17,19,20)/t9-/m1/s1. The molecule has 0 saturated heterocycles. The number of imide groups is 1. The summed E-state index contributed by atoms with van der Waals surface area (Å²) in [4.78, 5) is 29.4. The topological polar surface area (TPSA) is 74.3 Å². The molecule has 0 fully saturated rings. The molecular weight excluding hydrogens is 288 g/mol. The van der Waals surface area contributed by atoms with Crippen LogP contribution in [0.2, 0.25) is 0 Å². The van der Waals surface area contributed by atoms with E-state index < -0.39 is 12.1 Å². The average Bonchev–Trinajstić information content (AvgIpc) is 2.88. The first-order valence-corrected chi connectivity index (χ1v) is 7.40. The van der Waals surface area contributed by atoms with E-state index in [1.165, 1.54) is 7.05 Å². The van der Waals surface area contributed by atoms with E-state index in [4.69, 9.17) is 0 Å². The third-order valence-electron chi connectivity index (χ3n) is 3.23. The summed E-state index contributed by atoms with van der Waals surface area (Å²) in [5, 5.41) is 5.58. The quantitative estimate of drug-likeness (QED) is 0.899. The van der Waals surface area contributed by atoms with Gasteiger partial charge in [0.1, 0.15) is 5.01 Å². The highest BCUT2D eigenvalue weighted by Gasteiger charge is 2.20. The molecule has 7 heteroatoms. The van der Waals surface area contributed by atoms with E-state index in [0.717, 1.165) is 15.2 Å². The maximum absolute atomic E-state index is 11.9. The van der Waals surface area contributed by atoms with E-state index >= 15 is 0 Å². The van der Waals surface area contributed by atoms with Gasteiger partial charge in [0.05, 0.1) is 22.8 Å². The first-order chi connectivity index (χ1) is 10.0. The van der Waals surface area contributed by atoms with Gasteiger partial charge in [0.2, 0.25) is 5.91 Å². The Bertz CT molecular complexity index is 622. The van der Waals surface area contributed by atoms with Gasteiger partial charge < -0.3 is 5.32 Å². The van der Waals surface area contributed by atoms with Crippen LogP contribution in [0.3, 0.4) is 0 Å². The Hall–Kier alpha value is -1.99. The number of hydrogen-bond acceptors (Lipinski definition) is 5. The van der Waals surface area contributed by atoms with Crippen molar-refractivity contribution in [1.82, 2.24) is 20.5 Å². The predicted molar refractivity (Wildman–Crippen MR) is 83.1 cm³/mol. The van der Waals surface area contributed by atoms with E-state index in [0.29, 0.717) is 6.54 Å². The van der Waals surface area contributed by atoms with Crippen molar-refractivity contribution in [3.05, 3.63) is 29.3 Å². The van der Waals surface area contributed by atoms with E-state index in [-0.39, 0.29) is 5.91 Å². The number of urea groups is 1. The van der Waals surface area contributed by atoms with E-state index in [9.17, 15) is 9.59 Å². The number of nitrogens with one attached hydrogen (secondary N) is 2. The number of nitrogens with zero attached hydrogens (tertiary/aromatic N) is 2. The highest BCUT2D eigenvalue weighted by Crippen LogP contribution is 2.22. The summed E-state index contributed by atoms with van der Waals surface area (Å²) in [6, 6.07) is 7.01. The molecule has 0 bridgehead atoms. The van der Waals surface area contributed by atoms with Crippen molar-refractivity contribution in [2.45, 2.75) is 19.5 Å². The summed E-state index contributed by atoms with van der Waals surface area (Å²) in [6.07, 6.45) is 0. The smallest absolute Gasteiger partial charge is 0.321 e. The summed E-state index contributed by atoms with van der Waals surface area (Å²) in [5.74, 6) is -0.335. The lowest BCUT2D eigenvalue weighted by molar-refractivity contribution is -0.124. The molecule has 1 atom stereocenters. The lowest BCUT2D eigenvalue weighted by Gasteiger charge is -2.22. The van der Waals surface area contributed by atoms with Gasteiger partial charge in [-0.1, -0.05) is 12.1 Å². The van der Waals surface area contributed by atoms with Crippen molar-refractivity contribution < 1.29 is 9.59 Å². The fourth-order valence-corrected chi connectivity index (χ4v) is 2.85. The average molecular weight is 306 g/mol. The summed E-state index contributed by atoms with van der Waals surface area (Å²) in [6.45, 7) is 2.31. The van der Waals surface area contributed by atoms with Crippen LogP contribution < -0.4 is 10.6 Å². The Balaban J connectivity index is 2.01. The number of para-hydroxylation sites is 1. The normalized spacial score (nSPS) is 12.4. The molecule has 0 aliphatic heterocycles. The summed E-state index contributed by atoms with van der Waals surface area (Å²) < 4.78 is 1.13. The number of carbonyl (C=O) groups is 2. The lowest BCUT2D eigenvalue weighted by atomic mass is 10.3. The molecule has 3 amide bonds. The third kappa shape index (κ3) is 3.77. The van der Waals surface area contributed by atoms with Gasteiger partial charge in [-0.15, -0.1) is 11.3 Å². The third-order valence-corrected chi connectivity index (χ3v) is 4.25. The zero-order valence-corrected chi connectivity index (χ0v) is 13.0. The van der Waals surface area contributed by atoms with Crippen LogP contribution in [0, 0.1) is 0 Å². The Morgan fingerprint density at radius 2 is 2.10 bits per heavy atom. The highest BCUT2D eigenvalue weighted by molar-refractivity contribution is 7.18. The van der Waals surface area contributed by atoms with Gasteiger partial charge in [-0.05, 0) is 26.1 Å². The first kappa shape index (κ1) is 15.4. The number of thiazole rings is 1. The SMILES string of the molecule is CNC(=O)NC(=O)[C@@H](C)N(C)Cc1nc2ccccc2s1. The summed E-state index contributed by atoms with van der Waals surface area (Å²) in [5.41, 5.74) is 0.966. The Morgan fingerprint density at radius 3 is 2.76 bits per heavy atom. The van der Waals surface area contributed by atoms with E-state index in [1.54, 1.807) is 18.3 Å². The van der Waals surface area contributed by atoms with Crippen LogP contribution in [0.1, 0.15) is 11.9 Å². The molecule has 0 radical (unpaired) electrons. The van der Waals surface area contributed by atoms with Gasteiger partial charge >= 0.3 is 6.03 Å². The molecule has 21 heavy (non-hydrogen) atoms. The maximum Gasteiger partial charge on any atom is 0.321 e. The van der Waals surface area contributed by atoms with Gasteiger partial charge in [0, 0.05) is 7.05 Å². The van der Waals surface area contributed by atoms with Crippen LogP contribution >= 0.6 is 11.3 Å². The number of hydrogen-bond donors (Lipinski definition) is 2. The number of aromatic nitrogens is 1. The molecule has 0 spiro atoms. The fraction of sp³-hybridized carbons (Fsp3) is 0.357. The highest BCUT2D eigenvalue weighted by atomic mass is 32.1. The van der Waals surface area contributed by atoms with Gasteiger partial charge in [-0.2, -0.15) is 0 Å². The molecule has 0 saturated carbocycles. The molecule has 0 unspecified atom stereocenters. The van der Waals surface area contributed by atoms with Crippen molar-refractivity contribution >= 4 is 33.5 Å². The zero-order chi connectivity index (χ0) is 15.4. The monoisotopic (exact) mass is 306 g/mol. The first-order valence-electron chi connectivity index (χ1n) is 6.58. The minimum atomic E-state index is -0.500. The second kappa shape index (κ2) is 6.64. The zero-order valence-electron chi connectivity index (χ0n) is 12.2. The minimum Gasteiger partial charge on any atom is -0.341 e. The second-order valence-electron chi connectivity index (χ2n) is 4.73. The Labute approximate surface area is 127 Å². The van der Waals surface area contributed by atoms with Gasteiger partial charge in [-0.3, -0.25) is 15.0 Å². The summed E-state index contributed by atoms with van der Waals surface area (Å²) >= 11 is 1.61.